The van der Waals surface area contributed by atoms with E-state index >= 15 is 0 Å². The molecular weight excluding hydrogens is 466 g/mol. The average Bonchev–Trinajstić information content (AvgIpc) is 3.35. The number of nitrogens with zero attached hydrogens (tertiary/aromatic N) is 1. The van der Waals surface area contributed by atoms with Crippen molar-refractivity contribution in [2.24, 2.45) is 11.8 Å². The molecule has 2 fully saturated rings. The predicted molar refractivity (Wildman–Crippen MR) is 131 cm³/mol. The van der Waals surface area contributed by atoms with Gasteiger partial charge in [0.15, 0.2) is 0 Å². The van der Waals surface area contributed by atoms with Gasteiger partial charge in [-0.05, 0) is 54.4 Å². The molecule has 2 heterocycles. The van der Waals surface area contributed by atoms with E-state index < -0.39 is 22.2 Å². The van der Waals surface area contributed by atoms with Gasteiger partial charge in [-0.25, -0.2) is 18.2 Å². The Balaban J connectivity index is 1.49. The molecule has 4 atom stereocenters. The number of hydrogen-bond acceptors (Lipinski definition) is 6. The second-order valence-corrected chi connectivity index (χ2v) is 11.0. The van der Waals surface area contributed by atoms with Gasteiger partial charge in [0.2, 0.25) is 10.0 Å². The van der Waals surface area contributed by atoms with Crippen LogP contribution in [-0.2, 0) is 19.8 Å². The highest BCUT2D eigenvalue weighted by atomic mass is 32.2. The fraction of sp³-hybridized carbons (Fsp3) is 0.333. The van der Waals surface area contributed by atoms with Gasteiger partial charge in [0.1, 0.15) is 23.7 Å². The first-order chi connectivity index (χ1) is 16.9. The van der Waals surface area contributed by atoms with Gasteiger partial charge in [-0.15, -0.1) is 0 Å². The molecule has 7 nitrogen and oxygen atoms in total. The summed E-state index contributed by atoms with van der Waals surface area (Å²) >= 11 is 0. The van der Waals surface area contributed by atoms with Gasteiger partial charge in [-0.2, -0.15) is 4.31 Å². The summed E-state index contributed by atoms with van der Waals surface area (Å²) in [4.78, 5) is 12.2. The second-order valence-electron chi connectivity index (χ2n) is 9.04. The number of rotatable bonds is 6. The zero-order valence-corrected chi connectivity index (χ0v) is 20.8. The van der Waals surface area contributed by atoms with E-state index in [4.69, 9.17) is 19.2 Å². The predicted octanol–water partition coefficient (Wildman–Crippen LogP) is 4.69. The molecule has 8 heteroatoms. The van der Waals surface area contributed by atoms with E-state index in [0.717, 1.165) is 28.2 Å². The monoisotopic (exact) mass is 495 g/mol. The number of aryl methyl sites for hydroxylation is 1. The largest absolute Gasteiger partial charge is 0.497 e. The maximum Gasteiger partial charge on any atom is 0.243 e. The Morgan fingerprint density at radius 3 is 1.54 bits per heavy atom. The van der Waals surface area contributed by atoms with Crippen LogP contribution in [0.4, 0.5) is 0 Å². The van der Waals surface area contributed by atoms with Crippen molar-refractivity contribution in [1.29, 1.82) is 0 Å². The fourth-order valence-electron chi connectivity index (χ4n) is 4.97. The van der Waals surface area contributed by atoms with E-state index in [-0.39, 0.29) is 11.8 Å². The zero-order chi connectivity index (χ0) is 24.6. The number of methoxy groups -OCH3 is 2. The minimum Gasteiger partial charge on any atom is -0.497 e. The highest BCUT2D eigenvalue weighted by molar-refractivity contribution is 7.89. The van der Waals surface area contributed by atoms with Crippen molar-refractivity contribution in [2.45, 2.75) is 24.0 Å². The molecule has 0 amide bonds. The number of benzene rings is 3. The van der Waals surface area contributed by atoms with Crippen molar-refractivity contribution in [3.63, 3.8) is 0 Å². The van der Waals surface area contributed by atoms with Gasteiger partial charge in [0.05, 0.1) is 19.1 Å². The Hall–Kier alpha value is -2.91. The van der Waals surface area contributed by atoms with Crippen LogP contribution in [0.25, 0.3) is 0 Å². The van der Waals surface area contributed by atoms with Gasteiger partial charge >= 0.3 is 0 Å². The molecule has 0 aromatic heterocycles. The summed E-state index contributed by atoms with van der Waals surface area (Å²) in [6.07, 6.45) is -0.808. The molecule has 184 valence electrons. The van der Waals surface area contributed by atoms with Crippen molar-refractivity contribution < 1.29 is 27.7 Å². The summed E-state index contributed by atoms with van der Waals surface area (Å²) in [6.45, 7) is 2.62. The topological polar surface area (TPSA) is 74.3 Å². The van der Waals surface area contributed by atoms with Crippen LogP contribution >= 0.6 is 0 Å². The average molecular weight is 496 g/mol. The molecular formula is C27H29NO6S. The van der Waals surface area contributed by atoms with Crippen LogP contribution < -0.4 is 9.47 Å². The number of fused-ring (bicyclic) bond motifs is 1. The molecule has 0 unspecified atom stereocenters. The van der Waals surface area contributed by atoms with E-state index in [0.29, 0.717) is 18.0 Å². The van der Waals surface area contributed by atoms with Crippen molar-refractivity contribution in [3.8, 4) is 11.5 Å². The molecule has 3 aromatic rings. The molecule has 0 saturated carbocycles. The number of ether oxygens (including phenoxy) is 2. The van der Waals surface area contributed by atoms with Crippen molar-refractivity contribution in [2.75, 3.05) is 27.3 Å². The first kappa shape index (κ1) is 23.8. The van der Waals surface area contributed by atoms with E-state index in [2.05, 4.69) is 0 Å². The van der Waals surface area contributed by atoms with E-state index in [1.165, 1.54) is 0 Å². The van der Waals surface area contributed by atoms with Crippen LogP contribution in [0.15, 0.2) is 77.7 Å². The van der Waals surface area contributed by atoms with Crippen LogP contribution in [0.2, 0.25) is 0 Å². The van der Waals surface area contributed by atoms with Crippen LogP contribution in [0.5, 0.6) is 11.5 Å². The van der Waals surface area contributed by atoms with Gasteiger partial charge in [0.25, 0.3) is 0 Å². The smallest absolute Gasteiger partial charge is 0.243 e. The molecule has 0 bridgehead atoms. The third kappa shape index (κ3) is 4.54. The minimum absolute atomic E-state index is 0.0931. The number of hydrogen-bond donors (Lipinski definition) is 0. The van der Waals surface area contributed by atoms with Crippen LogP contribution in [0, 0.1) is 18.8 Å². The minimum atomic E-state index is -3.66. The maximum atomic E-state index is 13.6. The van der Waals surface area contributed by atoms with E-state index in [1.807, 2.05) is 67.6 Å². The quantitative estimate of drug-likeness (QED) is 0.462. The highest BCUT2D eigenvalue weighted by Crippen LogP contribution is 2.50. The van der Waals surface area contributed by atoms with Gasteiger partial charge < -0.3 is 9.47 Å². The standard InChI is InChI=1S/C27H29NO6S/c1-18-4-14-23(15-5-18)35(29,30)28-16-24-25(17-28)27(20-8-12-22(32-3)13-9-20)34-33-26(24)19-6-10-21(31-2)11-7-19/h4-15,24-27H,16-17H2,1-3H3/t24-,25-,26-,27+/m0/s1. The Bertz CT molecular complexity index is 1200. The third-order valence-electron chi connectivity index (χ3n) is 6.97. The summed E-state index contributed by atoms with van der Waals surface area (Å²) in [7, 11) is -0.423. The van der Waals surface area contributed by atoms with Crippen molar-refractivity contribution >= 4 is 10.0 Å². The molecule has 2 aliphatic heterocycles. The SMILES string of the molecule is COc1ccc([C@H]2OO[C@@H](c3ccc(OC)cc3)[C@H]3CN(S(=O)(=O)c4ccc(C)cc4)C[C@@H]32)cc1. The van der Waals surface area contributed by atoms with Gasteiger partial charge in [-0.3, -0.25) is 0 Å². The molecule has 0 N–H and O–H groups in total. The summed E-state index contributed by atoms with van der Waals surface area (Å²) < 4.78 is 39.2. The molecule has 2 aliphatic rings. The first-order valence-corrected chi connectivity index (χ1v) is 13.0. The normalized spacial score (nSPS) is 24.7. The highest BCUT2D eigenvalue weighted by Gasteiger charge is 2.51. The van der Waals surface area contributed by atoms with Gasteiger partial charge in [0, 0.05) is 24.9 Å². The van der Waals surface area contributed by atoms with E-state index in [9.17, 15) is 8.42 Å². The third-order valence-corrected chi connectivity index (χ3v) is 8.81. The fourth-order valence-corrected chi connectivity index (χ4v) is 6.48. The Kier molecular flexibility index (Phi) is 6.55. The molecule has 5 rings (SSSR count). The summed E-state index contributed by atoms with van der Waals surface area (Å²) in [5.41, 5.74) is 2.85. The zero-order valence-electron chi connectivity index (χ0n) is 20.0. The van der Waals surface area contributed by atoms with Crippen molar-refractivity contribution in [1.82, 2.24) is 4.31 Å². The molecule has 2 saturated heterocycles. The Morgan fingerprint density at radius 2 is 1.14 bits per heavy atom. The second kappa shape index (κ2) is 9.62. The maximum absolute atomic E-state index is 13.6. The lowest BCUT2D eigenvalue weighted by molar-refractivity contribution is -0.403. The summed E-state index contributed by atoms with van der Waals surface area (Å²) in [6, 6.07) is 22.2. The lowest BCUT2D eigenvalue weighted by Crippen LogP contribution is -2.34. The summed E-state index contributed by atoms with van der Waals surface area (Å²) in [5.74, 6) is 1.30. The number of sulfonamides is 1. The molecule has 0 spiro atoms. The molecule has 0 radical (unpaired) electrons. The van der Waals surface area contributed by atoms with Crippen LogP contribution in [0.1, 0.15) is 28.9 Å². The molecule has 35 heavy (non-hydrogen) atoms. The van der Waals surface area contributed by atoms with Gasteiger partial charge in [-0.1, -0.05) is 42.0 Å². The lowest BCUT2D eigenvalue weighted by atomic mass is 9.81. The summed E-state index contributed by atoms with van der Waals surface area (Å²) in [5, 5.41) is 0. The molecule has 3 aromatic carbocycles. The Morgan fingerprint density at radius 1 is 0.714 bits per heavy atom. The lowest BCUT2D eigenvalue weighted by Gasteiger charge is -2.38. The first-order valence-electron chi connectivity index (χ1n) is 11.6. The van der Waals surface area contributed by atoms with Crippen LogP contribution in [0.3, 0.4) is 0 Å². The van der Waals surface area contributed by atoms with Crippen molar-refractivity contribution in [3.05, 3.63) is 89.5 Å². The Labute approximate surface area is 206 Å². The molecule has 0 aliphatic carbocycles. The van der Waals surface area contributed by atoms with Crippen LogP contribution in [-0.4, -0.2) is 40.0 Å². The van der Waals surface area contributed by atoms with E-state index in [1.54, 1.807) is 30.7 Å².